The van der Waals surface area contributed by atoms with E-state index in [1.165, 1.54) is 18.2 Å². The Balaban J connectivity index is 1.83. The van der Waals surface area contributed by atoms with E-state index in [4.69, 9.17) is 23.8 Å². The summed E-state index contributed by atoms with van der Waals surface area (Å²) in [6.07, 6.45) is 2.84. The first-order valence-corrected chi connectivity index (χ1v) is 8.00. The van der Waals surface area contributed by atoms with Crippen LogP contribution in [0.1, 0.15) is 15.9 Å². The fraction of sp³-hybridized carbons (Fsp3) is 0. The molecule has 2 rings (SSSR count). The number of thiocarbonyl (C=S) groups is 1. The molecule has 0 saturated carbocycles. The number of aromatic hydroxyl groups is 2. The van der Waals surface area contributed by atoms with Gasteiger partial charge in [0, 0.05) is 17.2 Å². The fourth-order valence-electron chi connectivity index (χ4n) is 1.82. The van der Waals surface area contributed by atoms with E-state index in [1.807, 2.05) is 0 Å². The Morgan fingerprint density at radius 3 is 2.38 bits per heavy atom. The van der Waals surface area contributed by atoms with E-state index < -0.39 is 17.6 Å². The molecule has 7 nitrogen and oxygen atoms in total. The van der Waals surface area contributed by atoms with Crippen molar-refractivity contribution in [2.24, 2.45) is 0 Å². The van der Waals surface area contributed by atoms with Gasteiger partial charge in [-0.05, 0) is 48.1 Å². The Kier molecular flexibility index (Phi) is 6.54. The van der Waals surface area contributed by atoms with Gasteiger partial charge in [0.15, 0.2) is 5.11 Å². The number of carbonyl (C=O) groups excluding carboxylic acids is 2. The van der Waals surface area contributed by atoms with E-state index in [-0.39, 0.29) is 16.4 Å². The van der Waals surface area contributed by atoms with Crippen LogP contribution in [0.25, 0.3) is 6.08 Å². The molecule has 0 bridgehead atoms. The van der Waals surface area contributed by atoms with Gasteiger partial charge in [-0.2, -0.15) is 0 Å². The SMILES string of the molecule is O=C(C=Cc1ccc(Cl)cc1)NC(=S)NNC(=O)c1ccc(O)cc1O. The first kappa shape index (κ1) is 19.2. The molecular formula is C17H14ClN3O4S. The topological polar surface area (TPSA) is 111 Å². The van der Waals surface area contributed by atoms with Crippen molar-refractivity contribution in [3.8, 4) is 11.5 Å². The first-order chi connectivity index (χ1) is 12.3. The van der Waals surface area contributed by atoms with Crippen LogP contribution in [-0.4, -0.2) is 27.1 Å². The lowest BCUT2D eigenvalue weighted by Crippen LogP contribution is -2.48. The van der Waals surface area contributed by atoms with Crippen LogP contribution in [0.4, 0.5) is 0 Å². The van der Waals surface area contributed by atoms with Gasteiger partial charge in [-0.1, -0.05) is 23.7 Å². The number of hydrogen-bond donors (Lipinski definition) is 5. The highest BCUT2D eigenvalue weighted by atomic mass is 35.5. The number of nitrogens with one attached hydrogen (secondary N) is 3. The van der Waals surface area contributed by atoms with Crippen molar-refractivity contribution in [1.82, 2.24) is 16.2 Å². The second-order valence-corrected chi connectivity index (χ2v) is 5.83. The lowest BCUT2D eigenvalue weighted by molar-refractivity contribution is -0.115. The molecule has 26 heavy (non-hydrogen) atoms. The maximum absolute atomic E-state index is 11.9. The van der Waals surface area contributed by atoms with Crippen LogP contribution in [0.2, 0.25) is 5.02 Å². The molecule has 9 heteroatoms. The molecule has 5 N–H and O–H groups in total. The Hall–Kier alpha value is -3.10. The van der Waals surface area contributed by atoms with Crippen LogP contribution in [0.3, 0.4) is 0 Å². The van der Waals surface area contributed by atoms with Crippen molar-refractivity contribution < 1.29 is 19.8 Å². The average Bonchev–Trinajstić information content (AvgIpc) is 2.59. The van der Waals surface area contributed by atoms with E-state index in [0.29, 0.717) is 5.02 Å². The van der Waals surface area contributed by atoms with Crippen molar-refractivity contribution in [2.45, 2.75) is 0 Å². The number of halogens is 1. The Morgan fingerprint density at radius 2 is 1.73 bits per heavy atom. The molecule has 2 aromatic carbocycles. The van der Waals surface area contributed by atoms with E-state index in [0.717, 1.165) is 11.6 Å². The zero-order valence-electron chi connectivity index (χ0n) is 13.2. The normalized spacial score (nSPS) is 10.3. The first-order valence-electron chi connectivity index (χ1n) is 7.22. The zero-order chi connectivity index (χ0) is 19.1. The number of hydrazine groups is 1. The van der Waals surface area contributed by atoms with Gasteiger partial charge in [-0.15, -0.1) is 0 Å². The quantitative estimate of drug-likeness (QED) is 0.311. The van der Waals surface area contributed by atoms with Crippen LogP contribution in [0, 0.1) is 0 Å². The Morgan fingerprint density at radius 1 is 1.04 bits per heavy atom. The molecular weight excluding hydrogens is 378 g/mol. The molecule has 0 radical (unpaired) electrons. The molecule has 0 fully saturated rings. The van der Waals surface area contributed by atoms with Gasteiger partial charge in [0.05, 0.1) is 5.56 Å². The summed E-state index contributed by atoms with van der Waals surface area (Å²) in [7, 11) is 0. The maximum atomic E-state index is 11.9. The van der Waals surface area contributed by atoms with Crippen molar-refractivity contribution in [2.75, 3.05) is 0 Å². The summed E-state index contributed by atoms with van der Waals surface area (Å²) >= 11 is 10.7. The van der Waals surface area contributed by atoms with E-state index in [1.54, 1.807) is 30.3 Å². The Bertz CT molecular complexity index is 869. The maximum Gasteiger partial charge on any atom is 0.273 e. The molecule has 0 saturated heterocycles. The van der Waals surface area contributed by atoms with Crippen LogP contribution >= 0.6 is 23.8 Å². The summed E-state index contributed by atoms with van der Waals surface area (Å²) < 4.78 is 0. The number of hydrogen-bond acceptors (Lipinski definition) is 5. The molecule has 0 aliphatic heterocycles. The minimum Gasteiger partial charge on any atom is -0.508 e. The summed E-state index contributed by atoms with van der Waals surface area (Å²) in [6, 6.07) is 10.4. The zero-order valence-corrected chi connectivity index (χ0v) is 14.8. The minimum atomic E-state index is -0.698. The smallest absolute Gasteiger partial charge is 0.273 e. The molecule has 2 amide bonds. The third-order valence-electron chi connectivity index (χ3n) is 3.05. The van der Waals surface area contributed by atoms with E-state index in [2.05, 4.69) is 16.2 Å². The standard InChI is InChI=1S/C17H14ClN3O4S/c18-11-4-1-10(2-5-11)3-8-15(24)19-17(26)21-20-16(25)13-7-6-12(22)9-14(13)23/h1-9,22-23H,(H,20,25)(H2,19,21,24,26). The van der Waals surface area contributed by atoms with Crippen molar-refractivity contribution >= 4 is 46.8 Å². The van der Waals surface area contributed by atoms with Gasteiger partial charge in [0.25, 0.3) is 5.91 Å². The Labute approximate surface area is 159 Å². The molecule has 0 unspecified atom stereocenters. The number of phenolic OH excluding ortho intramolecular Hbond substituents is 2. The van der Waals surface area contributed by atoms with Gasteiger partial charge >= 0.3 is 0 Å². The van der Waals surface area contributed by atoms with Gasteiger partial charge < -0.3 is 10.2 Å². The van der Waals surface area contributed by atoms with Crippen LogP contribution in [-0.2, 0) is 4.79 Å². The number of rotatable bonds is 3. The lowest BCUT2D eigenvalue weighted by atomic mass is 10.2. The van der Waals surface area contributed by atoms with Crippen molar-refractivity contribution in [3.63, 3.8) is 0 Å². The van der Waals surface area contributed by atoms with Crippen LogP contribution in [0.15, 0.2) is 48.5 Å². The average molecular weight is 392 g/mol. The molecule has 134 valence electrons. The summed E-state index contributed by atoms with van der Waals surface area (Å²) in [5, 5.41) is 21.6. The highest BCUT2D eigenvalue weighted by Crippen LogP contribution is 2.22. The summed E-state index contributed by atoms with van der Waals surface area (Å²) in [5.41, 5.74) is 5.25. The molecule has 2 aromatic rings. The highest BCUT2D eigenvalue weighted by molar-refractivity contribution is 7.80. The van der Waals surface area contributed by atoms with E-state index >= 15 is 0 Å². The second kappa shape index (κ2) is 8.84. The molecule has 0 aliphatic carbocycles. The molecule has 0 aliphatic rings. The number of phenols is 2. The van der Waals surface area contributed by atoms with Gasteiger partial charge in [0.1, 0.15) is 11.5 Å². The fourth-order valence-corrected chi connectivity index (χ4v) is 2.10. The minimum absolute atomic E-state index is 0.0768. The molecule has 0 atom stereocenters. The molecule has 0 heterocycles. The van der Waals surface area contributed by atoms with Crippen molar-refractivity contribution in [1.29, 1.82) is 0 Å². The summed E-state index contributed by atoms with van der Waals surface area (Å²) in [6.45, 7) is 0. The second-order valence-electron chi connectivity index (χ2n) is 4.98. The largest absolute Gasteiger partial charge is 0.508 e. The van der Waals surface area contributed by atoms with Crippen molar-refractivity contribution in [3.05, 3.63) is 64.7 Å². The van der Waals surface area contributed by atoms with E-state index in [9.17, 15) is 19.8 Å². The molecule has 0 spiro atoms. The van der Waals surface area contributed by atoms with Gasteiger partial charge in [0.2, 0.25) is 5.91 Å². The number of amides is 2. The van der Waals surface area contributed by atoms with Crippen LogP contribution in [0.5, 0.6) is 11.5 Å². The van der Waals surface area contributed by atoms with Gasteiger partial charge in [-0.25, -0.2) is 0 Å². The summed E-state index contributed by atoms with van der Waals surface area (Å²) in [5.74, 6) is -1.78. The lowest BCUT2D eigenvalue weighted by Gasteiger charge is -2.10. The van der Waals surface area contributed by atoms with Crippen LogP contribution < -0.4 is 16.2 Å². The number of carbonyl (C=O) groups is 2. The third kappa shape index (κ3) is 5.76. The predicted molar refractivity (Wildman–Crippen MR) is 102 cm³/mol. The van der Waals surface area contributed by atoms with Gasteiger partial charge in [-0.3, -0.25) is 25.8 Å². The molecule has 0 aromatic heterocycles. The summed E-state index contributed by atoms with van der Waals surface area (Å²) in [4.78, 5) is 23.7. The predicted octanol–water partition coefficient (Wildman–Crippen LogP) is 2.10. The number of benzene rings is 2. The third-order valence-corrected chi connectivity index (χ3v) is 3.51. The monoisotopic (exact) mass is 391 g/mol. The highest BCUT2D eigenvalue weighted by Gasteiger charge is 2.12.